The van der Waals surface area contributed by atoms with Crippen molar-refractivity contribution in [1.29, 1.82) is 0 Å². The molecule has 34 heavy (non-hydrogen) atoms. The van der Waals surface area contributed by atoms with Crippen molar-refractivity contribution in [1.82, 2.24) is 4.90 Å². The highest BCUT2D eigenvalue weighted by atomic mass is 32.2. The number of nitro benzene ring substituents is 1. The van der Waals surface area contributed by atoms with Gasteiger partial charge in [0, 0.05) is 30.3 Å². The Bertz CT molecular complexity index is 1310. The van der Waals surface area contributed by atoms with E-state index in [1.165, 1.54) is 23.9 Å². The number of hydrogen-bond acceptors (Lipinski definition) is 6. The van der Waals surface area contributed by atoms with Gasteiger partial charge in [0.2, 0.25) is 0 Å². The SMILES string of the molecule is Cc1ccc(N=C2S/C(=C/c3ccc(-c4cc([N+](=O)[O-])ccc4C)o3)C(=O)N2CC(C)C)cc1. The molecule has 0 radical (unpaired) electrons. The van der Waals surface area contributed by atoms with Crippen LogP contribution in [0.25, 0.3) is 17.4 Å². The van der Waals surface area contributed by atoms with Gasteiger partial charge in [0.1, 0.15) is 11.5 Å². The molecule has 2 heterocycles. The molecule has 1 fully saturated rings. The number of aryl methyl sites for hydroxylation is 2. The number of amidine groups is 1. The summed E-state index contributed by atoms with van der Waals surface area (Å²) in [5.41, 5.74) is 3.44. The second-order valence-corrected chi connectivity index (χ2v) is 9.62. The average Bonchev–Trinajstić information content (AvgIpc) is 3.36. The fourth-order valence-corrected chi connectivity index (χ4v) is 4.53. The monoisotopic (exact) mass is 475 g/mol. The Morgan fingerprint density at radius 2 is 1.85 bits per heavy atom. The number of non-ortho nitro benzene ring substituents is 1. The minimum atomic E-state index is -0.430. The number of aliphatic imine (C=N–C) groups is 1. The van der Waals surface area contributed by atoms with Gasteiger partial charge in [-0.25, -0.2) is 4.99 Å². The Balaban J connectivity index is 1.65. The number of carbonyl (C=O) groups excluding carboxylic acids is 1. The first-order valence-electron chi connectivity index (χ1n) is 10.9. The molecule has 8 heteroatoms. The molecule has 0 saturated carbocycles. The number of thioether (sulfide) groups is 1. The van der Waals surface area contributed by atoms with E-state index in [0.29, 0.717) is 33.7 Å². The number of carbonyl (C=O) groups is 1. The Morgan fingerprint density at radius 1 is 1.12 bits per heavy atom. The maximum Gasteiger partial charge on any atom is 0.270 e. The van der Waals surface area contributed by atoms with Gasteiger partial charge >= 0.3 is 0 Å². The summed E-state index contributed by atoms with van der Waals surface area (Å²) in [5.74, 6) is 1.17. The van der Waals surface area contributed by atoms with Crippen LogP contribution in [-0.4, -0.2) is 27.4 Å². The third-order valence-electron chi connectivity index (χ3n) is 5.29. The van der Waals surface area contributed by atoms with Crippen molar-refractivity contribution in [3.8, 4) is 11.3 Å². The number of hydrogen-bond donors (Lipinski definition) is 0. The molecule has 0 unspecified atom stereocenters. The summed E-state index contributed by atoms with van der Waals surface area (Å²) in [6.45, 7) is 8.56. The molecule has 0 N–H and O–H groups in total. The molecule has 174 valence electrons. The maximum absolute atomic E-state index is 13.2. The minimum Gasteiger partial charge on any atom is -0.457 e. The number of nitrogens with zero attached hydrogens (tertiary/aromatic N) is 3. The Kier molecular flexibility index (Phi) is 6.70. The molecular formula is C26H25N3O4S. The van der Waals surface area contributed by atoms with E-state index in [1.54, 1.807) is 29.2 Å². The molecule has 0 bridgehead atoms. The van der Waals surface area contributed by atoms with Gasteiger partial charge in [-0.15, -0.1) is 0 Å². The summed E-state index contributed by atoms with van der Waals surface area (Å²) in [6, 6.07) is 16.0. The van der Waals surface area contributed by atoms with Crippen LogP contribution >= 0.6 is 11.8 Å². The van der Waals surface area contributed by atoms with Crippen LogP contribution in [0.5, 0.6) is 0 Å². The zero-order valence-corrected chi connectivity index (χ0v) is 20.3. The molecule has 3 aromatic rings. The van der Waals surface area contributed by atoms with Gasteiger partial charge in [-0.1, -0.05) is 37.6 Å². The van der Waals surface area contributed by atoms with E-state index < -0.39 is 4.92 Å². The predicted octanol–water partition coefficient (Wildman–Crippen LogP) is 6.73. The van der Waals surface area contributed by atoms with Crippen molar-refractivity contribution in [3.05, 3.63) is 86.5 Å². The molecule has 0 spiro atoms. The van der Waals surface area contributed by atoms with Crippen LogP contribution in [0, 0.1) is 29.9 Å². The van der Waals surface area contributed by atoms with E-state index in [9.17, 15) is 14.9 Å². The number of furan rings is 1. The molecule has 1 aliphatic heterocycles. The molecule has 0 aliphatic carbocycles. The van der Waals surface area contributed by atoms with Crippen LogP contribution in [0.4, 0.5) is 11.4 Å². The van der Waals surface area contributed by atoms with Crippen molar-refractivity contribution in [2.75, 3.05) is 6.54 Å². The van der Waals surface area contributed by atoms with E-state index in [2.05, 4.69) is 13.8 Å². The van der Waals surface area contributed by atoms with E-state index in [0.717, 1.165) is 16.8 Å². The molecular weight excluding hydrogens is 450 g/mol. The molecule has 4 rings (SSSR count). The molecule has 1 amide bonds. The van der Waals surface area contributed by atoms with E-state index in [-0.39, 0.29) is 17.5 Å². The summed E-state index contributed by atoms with van der Waals surface area (Å²) < 4.78 is 5.96. The molecule has 1 aliphatic rings. The lowest BCUT2D eigenvalue weighted by molar-refractivity contribution is -0.384. The van der Waals surface area contributed by atoms with Gasteiger partial charge < -0.3 is 4.42 Å². The third kappa shape index (κ3) is 5.12. The number of amides is 1. The van der Waals surface area contributed by atoms with E-state index in [1.807, 2.05) is 38.1 Å². The minimum absolute atomic E-state index is 0.000262. The summed E-state index contributed by atoms with van der Waals surface area (Å²) in [6.07, 6.45) is 1.70. The maximum atomic E-state index is 13.2. The van der Waals surface area contributed by atoms with Crippen molar-refractivity contribution in [2.45, 2.75) is 27.7 Å². The van der Waals surface area contributed by atoms with Crippen LogP contribution in [0.15, 0.2) is 68.9 Å². The van der Waals surface area contributed by atoms with Crippen LogP contribution in [0.2, 0.25) is 0 Å². The van der Waals surface area contributed by atoms with Gasteiger partial charge in [0.05, 0.1) is 15.5 Å². The van der Waals surface area contributed by atoms with Gasteiger partial charge in [0.15, 0.2) is 5.17 Å². The second kappa shape index (κ2) is 9.69. The van der Waals surface area contributed by atoms with Crippen LogP contribution in [-0.2, 0) is 4.79 Å². The first kappa shape index (κ1) is 23.5. The first-order chi connectivity index (χ1) is 16.2. The highest BCUT2D eigenvalue weighted by Crippen LogP contribution is 2.36. The quantitative estimate of drug-likeness (QED) is 0.224. The zero-order chi connectivity index (χ0) is 24.4. The molecule has 1 aromatic heterocycles. The fourth-order valence-electron chi connectivity index (χ4n) is 3.54. The van der Waals surface area contributed by atoms with E-state index in [4.69, 9.17) is 9.41 Å². The molecule has 7 nitrogen and oxygen atoms in total. The Labute approximate surface area is 202 Å². The van der Waals surface area contributed by atoms with Crippen LogP contribution in [0.3, 0.4) is 0 Å². The van der Waals surface area contributed by atoms with Gasteiger partial charge in [-0.3, -0.25) is 19.8 Å². The second-order valence-electron chi connectivity index (χ2n) is 8.61. The largest absolute Gasteiger partial charge is 0.457 e. The number of rotatable bonds is 6. The molecule has 2 aromatic carbocycles. The standard InChI is InChI=1S/C26H25N3O4S/c1-16(2)15-28-25(30)24(34-26(28)27-19-8-5-17(3)6-9-19)14-21-11-12-23(33-21)22-13-20(29(31)32)10-7-18(22)4/h5-14,16H,15H2,1-4H3/b24-14+,27-26?. The van der Waals surface area contributed by atoms with Crippen molar-refractivity contribution in [2.24, 2.45) is 10.9 Å². The normalized spacial score (nSPS) is 16.3. The van der Waals surface area contributed by atoms with Crippen LogP contribution in [0.1, 0.15) is 30.7 Å². The first-order valence-corrected chi connectivity index (χ1v) is 11.7. The summed E-state index contributed by atoms with van der Waals surface area (Å²) in [5, 5.41) is 11.8. The average molecular weight is 476 g/mol. The van der Waals surface area contributed by atoms with Crippen molar-refractivity contribution < 1.29 is 14.1 Å². The van der Waals surface area contributed by atoms with Gasteiger partial charge in [0.25, 0.3) is 11.6 Å². The van der Waals surface area contributed by atoms with Gasteiger partial charge in [-0.2, -0.15) is 0 Å². The third-order valence-corrected chi connectivity index (χ3v) is 6.30. The van der Waals surface area contributed by atoms with Crippen molar-refractivity contribution >= 4 is 40.3 Å². The lowest BCUT2D eigenvalue weighted by atomic mass is 10.1. The summed E-state index contributed by atoms with van der Waals surface area (Å²) in [4.78, 5) is 30.9. The summed E-state index contributed by atoms with van der Waals surface area (Å²) in [7, 11) is 0. The highest BCUT2D eigenvalue weighted by Gasteiger charge is 2.34. The lowest BCUT2D eigenvalue weighted by Crippen LogP contribution is -2.32. The predicted molar refractivity (Wildman–Crippen MR) is 136 cm³/mol. The van der Waals surface area contributed by atoms with Crippen LogP contribution < -0.4 is 0 Å². The Morgan fingerprint density at radius 3 is 2.53 bits per heavy atom. The zero-order valence-electron chi connectivity index (χ0n) is 19.4. The van der Waals surface area contributed by atoms with Gasteiger partial charge in [-0.05, 0) is 61.4 Å². The number of benzene rings is 2. The lowest BCUT2D eigenvalue weighted by Gasteiger charge is -2.17. The smallest absolute Gasteiger partial charge is 0.270 e. The summed E-state index contributed by atoms with van der Waals surface area (Å²) >= 11 is 1.32. The topological polar surface area (TPSA) is 89.0 Å². The van der Waals surface area contributed by atoms with Crippen molar-refractivity contribution in [3.63, 3.8) is 0 Å². The molecule has 1 saturated heterocycles. The highest BCUT2D eigenvalue weighted by molar-refractivity contribution is 8.18. The van der Waals surface area contributed by atoms with E-state index >= 15 is 0 Å². The molecule has 0 atom stereocenters. The Hall–Kier alpha value is -3.65. The number of nitro groups is 1. The fraction of sp³-hybridized carbons (Fsp3) is 0.231.